The average Bonchev–Trinajstić information content (AvgIpc) is 3.03. The molecule has 112 valence electrons. The Kier molecular flexibility index (Phi) is 3.51. The van der Waals surface area contributed by atoms with E-state index in [4.69, 9.17) is 4.42 Å². The summed E-state index contributed by atoms with van der Waals surface area (Å²) in [6.07, 6.45) is 1.71. The van der Waals surface area contributed by atoms with Crippen molar-refractivity contribution < 1.29 is 4.42 Å². The van der Waals surface area contributed by atoms with Gasteiger partial charge in [0.2, 0.25) is 5.89 Å². The van der Waals surface area contributed by atoms with Gasteiger partial charge < -0.3 is 4.42 Å². The maximum atomic E-state index is 5.74. The van der Waals surface area contributed by atoms with Crippen LogP contribution in [-0.4, -0.2) is 20.2 Å². The molecule has 0 N–H and O–H groups in total. The zero-order chi connectivity index (χ0) is 15.6. The molecule has 4 aromatic rings. The van der Waals surface area contributed by atoms with E-state index in [1.807, 2.05) is 55.5 Å². The molecule has 4 rings (SSSR count). The second-order valence-corrected chi connectivity index (χ2v) is 5.96. The van der Waals surface area contributed by atoms with Crippen LogP contribution in [0.4, 0.5) is 0 Å². The molecule has 0 amide bonds. The van der Waals surface area contributed by atoms with Crippen LogP contribution in [0.3, 0.4) is 0 Å². The van der Waals surface area contributed by atoms with E-state index in [0.717, 1.165) is 27.2 Å². The number of aromatic nitrogens is 4. The van der Waals surface area contributed by atoms with E-state index in [-0.39, 0.29) is 0 Å². The minimum absolute atomic E-state index is 0.452. The molecule has 2 aromatic carbocycles. The van der Waals surface area contributed by atoms with Crippen LogP contribution >= 0.6 is 11.8 Å². The van der Waals surface area contributed by atoms with E-state index in [0.29, 0.717) is 11.1 Å². The Morgan fingerprint density at radius 2 is 1.70 bits per heavy atom. The highest BCUT2D eigenvalue weighted by molar-refractivity contribution is 7.99. The number of rotatable bonds is 3. The molecule has 0 fully saturated rings. The van der Waals surface area contributed by atoms with Gasteiger partial charge in [0, 0.05) is 5.56 Å². The Labute approximate surface area is 136 Å². The van der Waals surface area contributed by atoms with Crippen molar-refractivity contribution in [3.05, 3.63) is 60.3 Å². The van der Waals surface area contributed by atoms with E-state index >= 15 is 0 Å². The molecule has 23 heavy (non-hydrogen) atoms. The lowest BCUT2D eigenvalue weighted by Crippen LogP contribution is -1.86. The normalized spacial score (nSPS) is 11.0. The standard InChI is InChI=1S/C17H12N4OS/c1-11-6-2-3-7-12(11)16-20-21-17(22-16)23-15-10-18-13-8-4-5-9-14(13)19-15/h2-10H,1H3. The van der Waals surface area contributed by atoms with Crippen molar-refractivity contribution in [3.8, 4) is 11.5 Å². The first-order valence-corrected chi connectivity index (χ1v) is 7.90. The summed E-state index contributed by atoms with van der Waals surface area (Å²) in [7, 11) is 0. The van der Waals surface area contributed by atoms with Crippen LogP contribution in [0.1, 0.15) is 5.56 Å². The molecule has 0 spiro atoms. The summed E-state index contributed by atoms with van der Waals surface area (Å²) in [5, 5.41) is 9.38. The van der Waals surface area contributed by atoms with Gasteiger partial charge in [0.15, 0.2) is 0 Å². The second kappa shape index (κ2) is 5.81. The molecule has 0 aliphatic heterocycles. The van der Waals surface area contributed by atoms with Gasteiger partial charge >= 0.3 is 0 Å². The van der Waals surface area contributed by atoms with Gasteiger partial charge in [-0.2, -0.15) is 0 Å². The van der Waals surface area contributed by atoms with E-state index in [2.05, 4.69) is 20.2 Å². The van der Waals surface area contributed by atoms with Crippen LogP contribution in [0, 0.1) is 6.92 Å². The predicted octanol–water partition coefficient (Wildman–Crippen LogP) is 4.14. The lowest BCUT2D eigenvalue weighted by atomic mass is 10.1. The minimum Gasteiger partial charge on any atom is -0.411 e. The average molecular weight is 320 g/mol. The molecular formula is C17H12N4OS. The molecule has 0 unspecified atom stereocenters. The Balaban J connectivity index is 1.63. The van der Waals surface area contributed by atoms with Crippen LogP contribution in [-0.2, 0) is 0 Å². The Morgan fingerprint density at radius 3 is 2.57 bits per heavy atom. The SMILES string of the molecule is Cc1ccccc1-c1nnc(Sc2cnc3ccccc3n2)o1. The lowest BCUT2D eigenvalue weighted by Gasteiger charge is -1.99. The maximum absolute atomic E-state index is 5.74. The van der Waals surface area contributed by atoms with Crippen LogP contribution in [0.15, 0.2) is 69.4 Å². The van der Waals surface area contributed by atoms with E-state index < -0.39 is 0 Å². The Bertz CT molecular complexity index is 983. The highest BCUT2D eigenvalue weighted by Crippen LogP contribution is 2.29. The van der Waals surface area contributed by atoms with Gasteiger partial charge in [-0.1, -0.05) is 30.3 Å². The molecule has 0 radical (unpaired) electrons. The number of hydrogen-bond donors (Lipinski definition) is 0. The summed E-state index contributed by atoms with van der Waals surface area (Å²) in [4.78, 5) is 8.93. The van der Waals surface area contributed by atoms with Crippen LogP contribution in [0.2, 0.25) is 0 Å². The number of fused-ring (bicyclic) bond motifs is 1. The lowest BCUT2D eigenvalue weighted by molar-refractivity contribution is 0.465. The number of benzene rings is 2. The zero-order valence-electron chi connectivity index (χ0n) is 12.3. The topological polar surface area (TPSA) is 64.7 Å². The molecule has 2 heterocycles. The molecule has 0 bridgehead atoms. The van der Waals surface area contributed by atoms with Crippen LogP contribution in [0.25, 0.3) is 22.5 Å². The summed E-state index contributed by atoms with van der Waals surface area (Å²) in [5.74, 6) is 0.513. The predicted molar refractivity (Wildman–Crippen MR) is 88.1 cm³/mol. The van der Waals surface area contributed by atoms with Gasteiger partial charge in [-0.3, -0.25) is 4.98 Å². The van der Waals surface area contributed by atoms with Crippen LogP contribution in [0.5, 0.6) is 0 Å². The summed E-state index contributed by atoms with van der Waals surface area (Å²) in [6.45, 7) is 2.02. The van der Waals surface area contributed by atoms with Crippen LogP contribution < -0.4 is 0 Å². The van der Waals surface area contributed by atoms with Gasteiger partial charge in [0.25, 0.3) is 5.22 Å². The largest absolute Gasteiger partial charge is 0.411 e. The molecule has 6 heteroatoms. The van der Waals surface area contributed by atoms with Crippen molar-refractivity contribution in [1.82, 2.24) is 20.2 Å². The van der Waals surface area contributed by atoms with Gasteiger partial charge in [-0.05, 0) is 42.4 Å². The third-order valence-electron chi connectivity index (χ3n) is 3.40. The zero-order valence-corrected chi connectivity index (χ0v) is 13.1. The number of aryl methyl sites for hydroxylation is 1. The van der Waals surface area contributed by atoms with Crippen molar-refractivity contribution in [2.75, 3.05) is 0 Å². The van der Waals surface area contributed by atoms with Gasteiger partial charge in [-0.25, -0.2) is 4.98 Å². The molecule has 5 nitrogen and oxygen atoms in total. The summed E-state index contributed by atoms with van der Waals surface area (Å²) in [5.41, 5.74) is 3.74. The van der Waals surface area contributed by atoms with Crippen molar-refractivity contribution >= 4 is 22.8 Å². The second-order valence-electron chi connectivity index (χ2n) is 4.99. The van der Waals surface area contributed by atoms with Crippen molar-refractivity contribution in [1.29, 1.82) is 0 Å². The first-order valence-electron chi connectivity index (χ1n) is 7.09. The fourth-order valence-electron chi connectivity index (χ4n) is 2.25. The molecule has 0 saturated heterocycles. The van der Waals surface area contributed by atoms with Crippen molar-refractivity contribution in [2.24, 2.45) is 0 Å². The third kappa shape index (κ3) is 2.80. The fourth-order valence-corrected chi connectivity index (χ4v) is 2.88. The summed E-state index contributed by atoms with van der Waals surface area (Å²) >= 11 is 1.31. The maximum Gasteiger partial charge on any atom is 0.283 e. The number of hydrogen-bond acceptors (Lipinski definition) is 6. The molecule has 0 aliphatic rings. The molecule has 0 atom stereocenters. The third-order valence-corrected chi connectivity index (χ3v) is 4.15. The van der Waals surface area contributed by atoms with Gasteiger partial charge in [-0.15, -0.1) is 10.2 Å². The highest BCUT2D eigenvalue weighted by Gasteiger charge is 2.12. The van der Waals surface area contributed by atoms with E-state index in [1.165, 1.54) is 11.8 Å². The fraction of sp³-hybridized carbons (Fsp3) is 0.0588. The van der Waals surface area contributed by atoms with Crippen molar-refractivity contribution in [2.45, 2.75) is 17.2 Å². The minimum atomic E-state index is 0.452. The first-order chi connectivity index (χ1) is 11.3. The Morgan fingerprint density at radius 1 is 0.913 bits per heavy atom. The van der Waals surface area contributed by atoms with E-state index in [9.17, 15) is 0 Å². The quantitative estimate of drug-likeness (QED) is 0.565. The smallest absolute Gasteiger partial charge is 0.283 e. The van der Waals surface area contributed by atoms with Gasteiger partial charge in [0.1, 0.15) is 5.03 Å². The number of nitrogens with zero attached hydrogens (tertiary/aromatic N) is 4. The molecular weight excluding hydrogens is 308 g/mol. The highest BCUT2D eigenvalue weighted by atomic mass is 32.2. The summed E-state index contributed by atoms with van der Waals surface area (Å²) < 4.78 is 5.74. The molecule has 2 aromatic heterocycles. The monoisotopic (exact) mass is 320 g/mol. The van der Waals surface area contributed by atoms with Gasteiger partial charge in [0.05, 0.1) is 17.2 Å². The summed E-state index contributed by atoms with van der Waals surface area (Å²) in [6, 6.07) is 15.7. The van der Waals surface area contributed by atoms with E-state index in [1.54, 1.807) is 6.20 Å². The molecule has 0 aliphatic carbocycles. The van der Waals surface area contributed by atoms with Crippen molar-refractivity contribution in [3.63, 3.8) is 0 Å². The Hall–Kier alpha value is -2.73. The first kappa shape index (κ1) is 13.9. The number of para-hydroxylation sites is 2. The molecule has 0 saturated carbocycles.